The highest BCUT2D eigenvalue weighted by Gasteiger charge is 2.25. The first-order valence-electron chi connectivity index (χ1n) is 7.29. The van der Waals surface area contributed by atoms with Crippen LogP contribution in [0, 0.1) is 10.8 Å². The van der Waals surface area contributed by atoms with Crippen molar-refractivity contribution in [2.24, 2.45) is 5.92 Å². The Labute approximate surface area is 120 Å². The van der Waals surface area contributed by atoms with Gasteiger partial charge in [-0.3, -0.25) is 4.79 Å². The zero-order valence-corrected chi connectivity index (χ0v) is 12.6. The average Bonchev–Trinajstić information content (AvgIpc) is 2.91. The van der Waals surface area contributed by atoms with E-state index in [0.717, 1.165) is 25.9 Å². The number of carbonyl (C=O) groups is 1. The minimum Gasteiger partial charge on any atom is -0.462 e. The molecule has 20 heavy (non-hydrogen) atoms. The molecule has 0 spiro atoms. The Morgan fingerprint density at radius 1 is 1.30 bits per heavy atom. The Bertz CT molecular complexity index is 317. The maximum absolute atomic E-state index is 11.5. The summed E-state index contributed by atoms with van der Waals surface area (Å²) in [5.41, 5.74) is 2.31. The van der Waals surface area contributed by atoms with Gasteiger partial charge in [-0.1, -0.05) is 13.8 Å². The predicted octanol–water partition coefficient (Wildman–Crippen LogP) is 1.58. The van der Waals surface area contributed by atoms with Gasteiger partial charge in [0.05, 0.1) is 24.6 Å². The second-order valence-corrected chi connectivity index (χ2v) is 5.42. The molecule has 1 N–H and O–H groups in total. The summed E-state index contributed by atoms with van der Waals surface area (Å²) in [6, 6.07) is 0. The molecular weight excluding hydrogens is 262 g/mol. The van der Waals surface area contributed by atoms with Crippen molar-refractivity contribution in [3.8, 4) is 0 Å². The highest BCUT2D eigenvalue weighted by molar-refractivity contribution is 5.69. The predicted molar refractivity (Wildman–Crippen MR) is 73.1 cm³/mol. The van der Waals surface area contributed by atoms with Crippen LogP contribution in [-0.2, 0) is 14.4 Å². The van der Waals surface area contributed by atoms with E-state index in [2.05, 4.69) is 5.59 Å². The van der Waals surface area contributed by atoms with Gasteiger partial charge in [0.25, 0.3) is 4.98 Å². The summed E-state index contributed by atoms with van der Waals surface area (Å²) in [6.07, 6.45) is 2.79. The van der Waals surface area contributed by atoms with Gasteiger partial charge in [0.2, 0.25) is 0 Å². The molecule has 0 aromatic carbocycles. The van der Waals surface area contributed by atoms with E-state index in [1.165, 1.54) is 0 Å². The topological polar surface area (TPSA) is 70.9 Å². The molecule has 0 aromatic rings. The van der Waals surface area contributed by atoms with Crippen LogP contribution in [0.15, 0.2) is 0 Å². The monoisotopic (exact) mass is 288 g/mol. The quantitative estimate of drug-likeness (QED) is 0.301. The molecule has 0 radical (unpaired) electrons. The largest absolute Gasteiger partial charge is 0.462 e. The first kappa shape index (κ1) is 16.7. The van der Waals surface area contributed by atoms with E-state index in [-0.39, 0.29) is 18.7 Å². The Morgan fingerprint density at radius 2 is 1.95 bits per heavy atom. The highest BCUT2D eigenvalue weighted by atomic mass is 16.7. The van der Waals surface area contributed by atoms with E-state index in [1.807, 2.05) is 20.8 Å². The Morgan fingerprint density at radius 3 is 2.55 bits per heavy atom. The number of nitroso groups, excluding NO2 is 1. The number of carbonyl (C=O) groups excluding carboxylic acids is 1. The Hall–Kier alpha value is -1.37. The fraction of sp³-hybridized carbons (Fsp3) is 0.923. The van der Waals surface area contributed by atoms with Crippen molar-refractivity contribution in [1.29, 1.82) is 0 Å². The molecule has 7 nitrogen and oxygen atoms in total. The van der Waals surface area contributed by atoms with Crippen molar-refractivity contribution < 1.29 is 19.3 Å². The molecule has 0 bridgehead atoms. The second-order valence-electron chi connectivity index (χ2n) is 5.42. The van der Waals surface area contributed by atoms with Gasteiger partial charge >= 0.3 is 5.97 Å². The maximum atomic E-state index is 11.5. The molecule has 0 aromatic heterocycles. The van der Waals surface area contributed by atoms with Crippen molar-refractivity contribution in [2.75, 3.05) is 19.7 Å². The number of hydrogen-bond acceptors (Lipinski definition) is 4. The summed E-state index contributed by atoms with van der Waals surface area (Å²) in [5.74, 6) is 0.0830. The molecule has 7 heteroatoms. The van der Waals surface area contributed by atoms with Gasteiger partial charge in [-0.25, -0.2) is 4.84 Å². The van der Waals surface area contributed by atoms with Gasteiger partial charge < -0.3 is 4.74 Å². The number of rotatable bonds is 9. The molecule has 1 atom stereocenters. The lowest BCUT2D eigenvalue weighted by Crippen LogP contribution is -2.40. The Kier molecular flexibility index (Phi) is 7.28. The van der Waals surface area contributed by atoms with Crippen LogP contribution in [0.3, 0.4) is 0 Å². The third-order valence-corrected chi connectivity index (χ3v) is 3.37. The summed E-state index contributed by atoms with van der Waals surface area (Å²) in [5, 5.41) is 1.64. The maximum Gasteiger partial charge on any atom is 0.306 e. The molecule has 0 aliphatic carbocycles. The van der Waals surface area contributed by atoms with E-state index in [0.29, 0.717) is 23.7 Å². The van der Waals surface area contributed by atoms with E-state index < -0.39 is 0 Å². The zero-order chi connectivity index (χ0) is 15.0. The normalized spacial score (nSPS) is 16.3. The van der Waals surface area contributed by atoms with Crippen molar-refractivity contribution in [3.63, 3.8) is 0 Å². The van der Waals surface area contributed by atoms with Crippen LogP contribution in [-0.4, -0.2) is 41.8 Å². The second kappa shape index (κ2) is 8.73. The van der Waals surface area contributed by atoms with Crippen molar-refractivity contribution >= 4 is 5.97 Å². The highest BCUT2D eigenvalue weighted by Crippen LogP contribution is 2.07. The molecular formula is C13H26N3O4+. The molecule has 1 rings (SSSR count). The first-order valence-corrected chi connectivity index (χ1v) is 7.29. The molecule has 1 heterocycles. The van der Waals surface area contributed by atoms with E-state index in [4.69, 9.17) is 9.57 Å². The molecule has 1 saturated heterocycles. The Balaban J connectivity index is 2.01. The van der Waals surface area contributed by atoms with Crippen LogP contribution in [0.25, 0.3) is 0 Å². The van der Waals surface area contributed by atoms with Gasteiger partial charge in [-0.15, -0.1) is 5.01 Å². The minimum absolute atomic E-state index is 0.0751. The minimum atomic E-state index is -0.228. The van der Waals surface area contributed by atoms with Crippen molar-refractivity contribution in [3.05, 3.63) is 4.91 Å². The van der Waals surface area contributed by atoms with Crippen molar-refractivity contribution in [2.45, 2.75) is 52.6 Å². The summed E-state index contributed by atoms with van der Waals surface area (Å²) >= 11 is 0. The van der Waals surface area contributed by atoms with Gasteiger partial charge in [0.1, 0.15) is 6.10 Å². The summed E-state index contributed by atoms with van der Waals surface area (Å²) in [7, 11) is 0. The van der Waals surface area contributed by atoms with Gasteiger partial charge in [-0.2, -0.15) is 0 Å². The number of nitrogens with zero attached hydrogens (tertiary/aromatic N) is 2. The number of nitrogens with one attached hydrogen (secondary N) is 1. The van der Waals surface area contributed by atoms with E-state index >= 15 is 0 Å². The lowest BCUT2D eigenvalue weighted by molar-refractivity contribution is -0.786. The number of esters is 1. The van der Waals surface area contributed by atoms with E-state index in [1.54, 1.807) is 5.01 Å². The third-order valence-electron chi connectivity index (χ3n) is 3.37. The van der Waals surface area contributed by atoms with Crippen LogP contribution in [0.5, 0.6) is 0 Å². The molecule has 1 fully saturated rings. The fourth-order valence-electron chi connectivity index (χ4n) is 1.73. The average molecular weight is 288 g/mol. The van der Waals surface area contributed by atoms with Crippen LogP contribution < -0.4 is 5.59 Å². The number of hydrogen-bond donors (Lipinski definition) is 1. The van der Waals surface area contributed by atoms with Crippen molar-refractivity contribution in [1.82, 2.24) is 10.6 Å². The van der Waals surface area contributed by atoms with Crippen LogP contribution in [0.4, 0.5) is 0 Å². The van der Waals surface area contributed by atoms with Gasteiger partial charge in [0.15, 0.2) is 0 Å². The van der Waals surface area contributed by atoms with Gasteiger partial charge in [0, 0.05) is 12.0 Å². The van der Waals surface area contributed by atoms with Gasteiger partial charge in [-0.05, 0) is 32.1 Å². The summed E-state index contributed by atoms with van der Waals surface area (Å²) in [6.45, 7) is 7.68. The van der Waals surface area contributed by atoms with Crippen LogP contribution >= 0.6 is 0 Å². The van der Waals surface area contributed by atoms with Crippen LogP contribution in [0.1, 0.15) is 46.5 Å². The molecule has 1 unspecified atom stereocenters. The number of hydrazine groups is 2. The lowest BCUT2D eigenvalue weighted by atomic mass is 10.1. The smallest absolute Gasteiger partial charge is 0.306 e. The fourth-order valence-corrected chi connectivity index (χ4v) is 1.73. The third kappa shape index (κ3) is 6.18. The molecule has 1 aliphatic rings. The van der Waals surface area contributed by atoms with E-state index in [9.17, 15) is 9.70 Å². The molecule has 1 aliphatic heterocycles. The molecule has 0 saturated carbocycles. The lowest BCUT2D eigenvalue weighted by Gasteiger charge is -2.16. The zero-order valence-electron chi connectivity index (χ0n) is 12.6. The first-order chi connectivity index (χ1) is 9.50. The van der Waals surface area contributed by atoms with Crippen LogP contribution in [0.2, 0.25) is 0 Å². The molecule has 0 amide bonds. The molecule has 116 valence electrons. The standard InChI is InChI=1S/C13H26N3O4/c1-11(2)12(3)20-13(17)7-6-10-19-14-16(18)15-8-4-5-9-15/h11-12H,4-10H2,1-3H3,(H,14,18)/q+1. The number of ether oxygens (including phenoxy) is 1. The summed E-state index contributed by atoms with van der Waals surface area (Å²) < 4.78 is 5.23. The SMILES string of the molecule is CC(C)C(C)OC(=O)CCCON[N+](=O)N1CCCC1. The summed E-state index contributed by atoms with van der Waals surface area (Å²) in [4.78, 5) is 28.6.